The van der Waals surface area contributed by atoms with E-state index in [9.17, 15) is 0 Å². The predicted octanol–water partition coefficient (Wildman–Crippen LogP) is 35.3. The van der Waals surface area contributed by atoms with E-state index in [-0.39, 0.29) is 0 Å². The number of unbranched alkanes of at least 4 members (excludes halogenated alkanes) is 81. The summed E-state index contributed by atoms with van der Waals surface area (Å²) in [6, 6.07) is 0. The van der Waals surface area contributed by atoms with Crippen LogP contribution in [-0.2, 0) is 0 Å². The average Bonchev–Trinajstić information content (AvgIpc) is 3.61. The Balaban J connectivity index is 4.01. The molecule has 0 aromatic carbocycles. The van der Waals surface area contributed by atoms with Crippen molar-refractivity contribution >= 4 is 14.1 Å². The molecule has 0 spiro atoms. The van der Waals surface area contributed by atoms with Gasteiger partial charge in [0.15, 0.2) is 0 Å². The molecule has 0 amide bonds. The summed E-state index contributed by atoms with van der Waals surface area (Å²) in [7, 11) is 0. The molecular formula is C90H183Al. The van der Waals surface area contributed by atoms with Crippen molar-refractivity contribution in [1.82, 2.24) is 0 Å². The van der Waals surface area contributed by atoms with Gasteiger partial charge in [0.2, 0.25) is 0 Å². The van der Waals surface area contributed by atoms with Crippen LogP contribution in [-0.4, -0.2) is 14.1 Å². The third-order valence-corrected chi connectivity index (χ3v) is 26.1. The second kappa shape index (κ2) is 88.5. The van der Waals surface area contributed by atoms with E-state index in [2.05, 4.69) is 20.8 Å². The van der Waals surface area contributed by atoms with Gasteiger partial charge < -0.3 is 0 Å². The van der Waals surface area contributed by atoms with Gasteiger partial charge in [-0.1, -0.05) is 576 Å². The molecule has 0 radical (unpaired) electrons. The molecule has 0 saturated heterocycles. The minimum Gasteiger partial charge on any atom is -0.0939 e. The Morgan fingerprint density at radius 1 is 0.0879 bits per heavy atom. The number of hydrogen-bond acceptors (Lipinski definition) is 0. The summed E-state index contributed by atoms with van der Waals surface area (Å²) in [6.07, 6.45) is 126. The molecule has 0 aliphatic rings. The molecule has 1 heteroatoms. The second-order valence-electron chi connectivity index (χ2n) is 31.9. The van der Waals surface area contributed by atoms with Gasteiger partial charge in [-0.15, -0.1) is 0 Å². The fourth-order valence-electron chi connectivity index (χ4n) is 15.7. The largest absolute Gasteiger partial charge is 0.261 e. The van der Waals surface area contributed by atoms with Crippen molar-refractivity contribution in [3.63, 3.8) is 0 Å². The Kier molecular flexibility index (Phi) is 89.1. The summed E-state index contributed by atoms with van der Waals surface area (Å²) in [5, 5.41) is 5.04. The summed E-state index contributed by atoms with van der Waals surface area (Å²) >= 11 is -0.552. The van der Waals surface area contributed by atoms with Gasteiger partial charge in [-0.2, -0.15) is 0 Å². The van der Waals surface area contributed by atoms with Crippen molar-refractivity contribution in [2.24, 2.45) is 0 Å². The third-order valence-electron chi connectivity index (χ3n) is 22.4. The highest BCUT2D eigenvalue weighted by atomic mass is 27.2. The monoisotopic (exact) mass is 1290 g/mol. The predicted molar refractivity (Wildman–Crippen MR) is 425 cm³/mol. The summed E-state index contributed by atoms with van der Waals surface area (Å²) in [6.45, 7) is 6.97. The van der Waals surface area contributed by atoms with Crippen molar-refractivity contribution in [2.75, 3.05) is 0 Å². The van der Waals surface area contributed by atoms with E-state index >= 15 is 0 Å². The molecule has 0 nitrogen and oxygen atoms in total. The summed E-state index contributed by atoms with van der Waals surface area (Å²) in [5.41, 5.74) is 0. The standard InChI is InChI=1S/3C30H61.Al/c3*1-3-5-7-9-11-13-15-17-19-21-23-25-27-29-30-28-26-24-22-20-18-16-14-12-10-8-6-4-2;/h3*1,3-30H2,2H3;. The Morgan fingerprint density at radius 3 is 0.231 bits per heavy atom. The van der Waals surface area contributed by atoms with Gasteiger partial charge in [-0.25, -0.2) is 0 Å². The summed E-state index contributed by atoms with van der Waals surface area (Å²) in [5.74, 6) is 0. The molecule has 0 aliphatic heterocycles. The van der Waals surface area contributed by atoms with E-state index in [4.69, 9.17) is 0 Å². The van der Waals surface area contributed by atoms with Crippen LogP contribution >= 0.6 is 0 Å². The average molecular weight is 1290 g/mol. The molecule has 0 atom stereocenters. The lowest BCUT2D eigenvalue weighted by molar-refractivity contribution is 0.514. The van der Waals surface area contributed by atoms with Crippen LogP contribution in [0.5, 0.6) is 0 Å². The first-order valence-electron chi connectivity index (χ1n) is 45.3. The molecule has 0 saturated carbocycles. The Labute approximate surface area is 586 Å². The van der Waals surface area contributed by atoms with Crippen LogP contribution in [0.15, 0.2) is 0 Å². The zero-order valence-corrected chi connectivity index (χ0v) is 66.3. The minimum atomic E-state index is -0.552. The number of rotatable bonds is 87. The van der Waals surface area contributed by atoms with Gasteiger partial charge in [-0.3, -0.25) is 0 Å². The van der Waals surface area contributed by atoms with E-state index in [1.807, 2.05) is 0 Å². The normalized spacial score (nSPS) is 11.8. The Bertz CT molecular complexity index is 1030. The minimum absolute atomic E-state index is 0.552. The molecule has 0 rings (SSSR count). The van der Waals surface area contributed by atoms with Crippen LogP contribution in [0.3, 0.4) is 0 Å². The molecule has 0 bridgehead atoms. The maximum atomic E-state index is 2.32. The van der Waals surface area contributed by atoms with Crippen molar-refractivity contribution in [3.8, 4) is 0 Å². The molecular weight excluding hydrogens is 1110 g/mol. The highest BCUT2D eigenvalue weighted by molar-refractivity contribution is 6.58. The Morgan fingerprint density at radius 2 is 0.154 bits per heavy atom. The van der Waals surface area contributed by atoms with Gasteiger partial charge in [0, 0.05) is 0 Å². The highest BCUT2D eigenvalue weighted by Crippen LogP contribution is 2.24. The van der Waals surface area contributed by atoms with Crippen LogP contribution in [0, 0.1) is 0 Å². The summed E-state index contributed by atoms with van der Waals surface area (Å²) < 4.78 is 0. The molecule has 0 N–H and O–H groups in total. The van der Waals surface area contributed by atoms with Gasteiger partial charge >= 0.3 is 0 Å². The maximum Gasteiger partial charge on any atom is 0.261 e. The molecule has 0 fully saturated rings. The smallest absolute Gasteiger partial charge is 0.0939 e. The Hall–Kier alpha value is 0.532. The van der Waals surface area contributed by atoms with Crippen LogP contribution in [0.1, 0.15) is 560 Å². The SMILES string of the molecule is CCCCCCCCCCCCCCCCCCCCCCCCCCCCC[CH2][Al]([CH2]CCCCCCCCCCCCCCCCCCCCCCCCCCCCC)[CH2]CCCCCCCCCCCCCCCCCCCCCCCCCCCCC. The van der Waals surface area contributed by atoms with E-state index in [0.29, 0.717) is 0 Å². The van der Waals surface area contributed by atoms with Crippen molar-refractivity contribution in [3.05, 3.63) is 0 Å². The lowest BCUT2D eigenvalue weighted by Crippen LogP contribution is -2.12. The van der Waals surface area contributed by atoms with E-state index in [0.717, 1.165) is 0 Å². The first-order valence-corrected chi connectivity index (χ1v) is 47.8. The molecule has 0 heterocycles. The van der Waals surface area contributed by atoms with Gasteiger partial charge in [-0.05, 0) is 0 Å². The summed E-state index contributed by atoms with van der Waals surface area (Å²) in [4.78, 5) is 0. The van der Waals surface area contributed by atoms with Crippen molar-refractivity contribution < 1.29 is 0 Å². The lowest BCUT2D eigenvalue weighted by atomic mass is 10.0. The lowest BCUT2D eigenvalue weighted by Gasteiger charge is -2.12. The molecule has 0 aliphatic carbocycles. The fraction of sp³-hybridized carbons (Fsp3) is 1.00. The van der Waals surface area contributed by atoms with Crippen LogP contribution in [0.25, 0.3) is 0 Å². The molecule has 91 heavy (non-hydrogen) atoms. The fourth-order valence-corrected chi connectivity index (χ4v) is 19.2. The molecule has 546 valence electrons. The van der Waals surface area contributed by atoms with Gasteiger partial charge in [0.1, 0.15) is 0 Å². The van der Waals surface area contributed by atoms with Crippen molar-refractivity contribution in [1.29, 1.82) is 0 Å². The zero-order chi connectivity index (χ0) is 65.1. The van der Waals surface area contributed by atoms with E-state index < -0.39 is 14.1 Å². The van der Waals surface area contributed by atoms with Crippen molar-refractivity contribution in [2.45, 2.75) is 576 Å². The molecule has 0 aromatic rings. The quantitative estimate of drug-likeness (QED) is 0.0421. The topological polar surface area (TPSA) is 0 Å². The van der Waals surface area contributed by atoms with Crippen LogP contribution < -0.4 is 0 Å². The van der Waals surface area contributed by atoms with Crippen LogP contribution in [0.2, 0.25) is 15.8 Å². The first kappa shape index (κ1) is 91.5. The van der Waals surface area contributed by atoms with Gasteiger partial charge in [0.05, 0.1) is 0 Å². The van der Waals surface area contributed by atoms with Crippen LogP contribution in [0.4, 0.5) is 0 Å². The van der Waals surface area contributed by atoms with E-state index in [1.54, 1.807) is 54.4 Å². The first-order chi connectivity index (χ1) is 45.3. The highest BCUT2D eigenvalue weighted by Gasteiger charge is 2.16. The van der Waals surface area contributed by atoms with E-state index in [1.165, 1.54) is 501 Å². The molecule has 0 aromatic heterocycles. The molecule has 0 unspecified atom stereocenters. The third kappa shape index (κ3) is 86.6. The number of hydrogen-bond donors (Lipinski definition) is 0. The van der Waals surface area contributed by atoms with Gasteiger partial charge in [0.25, 0.3) is 14.1 Å². The second-order valence-corrected chi connectivity index (χ2v) is 35.3. The zero-order valence-electron chi connectivity index (χ0n) is 65.1. The maximum absolute atomic E-state index is 2.32.